The normalized spacial score (nSPS) is 10.7. The van der Waals surface area contributed by atoms with E-state index in [2.05, 4.69) is 38.2 Å². The van der Waals surface area contributed by atoms with Crippen LogP contribution in [0, 0.1) is 5.92 Å². The van der Waals surface area contributed by atoms with Gasteiger partial charge in [0.15, 0.2) is 0 Å². The Balaban J connectivity index is 2.23. The van der Waals surface area contributed by atoms with E-state index in [1.165, 1.54) is 31.4 Å². The van der Waals surface area contributed by atoms with Crippen LogP contribution in [-0.4, -0.2) is 13.2 Å². The van der Waals surface area contributed by atoms with Crippen LogP contribution in [-0.2, 0) is 0 Å². The predicted molar refractivity (Wildman–Crippen MR) is 79.4 cm³/mol. The van der Waals surface area contributed by atoms with Gasteiger partial charge < -0.3 is 10.1 Å². The Labute approximate surface area is 112 Å². The molecule has 0 unspecified atom stereocenters. The number of unbranched alkanes of at least 4 members (excludes halogenated alkanes) is 3. The molecule has 0 saturated heterocycles. The minimum absolute atomic E-state index is 0.571. The van der Waals surface area contributed by atoms with Crippen LogP contribution in [0.3, 0.4) is 0 Å². The van der Waals surface area contributed by atoms with Crippen molar-refractivity contribution in [2.75, 3.05) is 18.5 Å². The van der Waals surface area contributed by atoms with Crippen molar-refractivity contribution < 1.29 is 4.74 Å². The van der Waals surface area contributed by atoms with Crippen LogP contribution in [0.4, 0.5) is 5.69 Å². The molecule has 0 amide bonds. The van der Waals surface area contributed by atoms with Crippen molar-refractivity contribution >= 4 is 5.69 Å². The molecule has 0 aromatic heterocycles. The van der Waals surface area contributed by atoms with E-state index in [0.717, 1.165) is 18.9 Å². The van der Waals surface area contributed by atoms with Crippen molar-refractivity contribution in [1.29, 1.82) is 0 Å². The van der Waals surface area contributed by atoms with E-state index in [0.29, 0.717) is 5.92 Å². The SMILES string of the molecule is CCCCCCNc1ccc(OCC(C)C)cc1. The summed E-state index contributed by atoms with van der Waals surface area (Å²) in [7, 11) is 0. The molecule has 0 radical (unpaired) electrons. The van der Waals surface area contributed by atoms with Crippen molar-refractivity contribution in [3.05, 3.63) is 24.3 Å². The zero-order chi connectivity index (χ0) is 13.2. The summed E-state index contributed by atoms with van der Waals surface area (Å²) in [6.07, 6.45) is 5.20. The second kappa shape index (κ2) is 8.84. The van der Waals surface area contributed by atoms with Crippen LogP contribution in [0.25, 0.3) is 0 Å². The van der Waals surface area contributed by atoms with Crippen molar-refractivity contribution in [2.45, 2.75) is 46.5 Å². The molecule has 0 atom stereocenters. The molecule has 0 heterocycles. The monoisotopic (exact) mass is 249 g/mol. The van der Waals surface area contributed by atoms with Gasteiger partial charge >= 0.3 is 0 Å². The van der Waals surface area contributed by atoms with E-state index < -0.39 is 0 Å². The number of benzene rings is 1. The Kier molecular flexibility index (Phi) is 7.31. The molecule has 0 aliphatic carbocycles. The number of hydrogen-bond donors (Lipinski definition) is 1. The van der Waals surface area contributed by atoms with E-state index in [9.17, 15) is 0 Å². The van der Waals surface area contributed by atoms with Crippen molar-refractivity contribution in [3.8, 4) is 5.75 Å². The molecule has 0 spiro atoms. The van der Waals surface area contributed by atoms with Gasteiger partial charge in [-0.15, -0.1) is 0 Å². The van der Waals surface area contributed by atoms with E-state index in [1.54, 1.807) is 0 Å². The van der Waals surface area contributed by atoms with Gasteiger partial charge in [-0.2, -0.15) is 0 Å². The van der Waals surface area contributed by atoms with Gasteiger partial charge in [0.25, 0.3) is 0 Å². The van der Waals surface area contributed by atoms with Crippen LogP contribution in [0.5, 0.6) is 5.75 Å². The first kappa shape index (κ1) is 14.9. The highest BCUT2D eigenvalue weighted by Gasteiger charge is 1.97. The predicted octanol–water partition coefficient (Wildman–Crippen LogP) is 4.71. The fourth-order valence-corrected chi connectivity index (χ4v) is 1.72. The molecule has 2 nitrogen and oxygen atoms in total. The summed E-state index contributed by atoms with van der Waals surface area (Å²) in [6.45, 7) is 8.40. The van der Waals surface area contributed by atoms with E-state index in [4.69, 9.17) is 4.74 Å². The largest absolute Gasteiger partial charge is 0.493 e. The highest BCUT2D eigenvalue weighted by Crippen LogP contribution is 2.16. The highest BCUT2D eigenvalue weighted by molar-refractivity contribution is 5.46. The first-order chi connectivity index (χ1) is 8.72. The number of rotatable bonds is 9. The second-order valence-corrected chi connectivity index (χ2v) is 5.22. The van der Waals surface area contributed by atoms with E-state index in [1.807, 2.05) is 12.1 Å². The molecule has 0 aliphatic heterocycles. The lowest BCUT2D eigenvalue weighted by atomic mass is 10.2. The summed E-state index contributed by atoms with van der Waals surface area (Å²) < 4.78 is 5.65. The maximum absolute atomic E-state index is 5.65. The zero-order valence-electron chi connectivity index (χ0n) is 12.0. The average molecular weight is 249 g/mol. The van der Waals surface area contributed by atoms with Crippen molar-refractivity contribution in [2.24, 2.45) is 5.92 Å². The van der Waals surface area contributed by atoms with Gasteiger partial charge in [0.2, 0.25) is 0 Å². The van der Waals surface area contributed by atoms with Gasteiger partial charge in [-0.05, 0) is 36.6 Å². The Morgan fingerprint density at radius 3 is 2.39 bits per heavy atom. The van der Waals surface area contributed by atoms with Crippen LogP contribution in [0.2, 0.25) is 0 Å². The maximum atomic E-state index is 5.65. The number of anilines is 1. The fourth-order valence-electron chi connectivity index (χ4n) is 1.72. The molecule has 102 valence electrons. The minimum atomic E-state index is 0.571. The summed E-state index contributed by atoms with van der Waals surface area (Å²) in [5.74, 6) is 1.53. The van der Waals surface area contributed by atoms with Gasteiger partial charge in [0.05, 0.1) is 6.61 Å². The highest BCUT2D eigenvalue weighted by atomic mass is 16.5. The second-order valence-electron chi connectivity index (χ2n) is 5.22. The Hall–Kier alpha value is -1.18. The standard InChI is InChI=1S/C16H27NO/c1-4-5-6-7-12-17-15-8-10-16(11-9-15)18-13-14(2)3/h8-11,14,17H,4-7,12-13H2,1-3H3. The van der Waals surface area contributed by atoms with Crippen molar-refractivity contribution in [3.63, 3.8) is 0 Å². The number of ether oxygens (including phenoxy) is 1. The third kappa shape index (κ3) is 6.53. The summed E-state index contributed by atoms with van der Waals surface area (Å²) >= 11 is 0. The molecule has 0 fully saturated rings. The lowest BCUT2D eigenvalue weighted by Crippen LogP contribution is -2.05. The quantitative estimate of drug-likeness (QED) is 0.640. The van der Waals surface area contributed by atoms with Crippen LogP contribution < -0.4 is 10.1 Å². The van der Waals surface area contributed by atoms with Gasteiger partial charge in [-0.1, -0.05) is 40.0 Å². The lowest BCUT2D eigenvalue weighted by molar-refractivity contribution is 0.271. The van der Waals surface area contributed by atoms with E-state index in [-0.39, 0.29) is 0 Å². The summed E-state index contributed by atoms with van der Waals surface area (Å²) in [4.78, 5) is 0. The molecule has 0 saturated carbocycles. The Morgan fingerprint density at radius 1 is 1.06 bits per heavy atom. The van der Waals surface area contributed by atoms with Crippen LogP contribution >= 0.6 is 0 Å². The van der Waals surface area contributed by atoms with Gasteiger partial charge in [-0.3, -0.25) is 0 Å². The summed E-state index contributed by atoms with van der Waals surface area (Å²) in [5.41, 5.74) is 1.18. The van der Waals surface area contributed by atoms with Gasteiger partial charge in [0.1, 0.15) is 5.75 Å². The lowest BCUT2D eigenvalue weighted by Gasteiger charge is -2.10. The molecule has 1 aromatic carbocycles. The third-order valence-electron chi connectivity index (χ3n) is 2.80. The van der Waals surface area contributed by atoms with Crippen LogP contribution in [0.15, 0.2) is 24.3 Å². The van der Waals surface area contributed by atoms with E-state index >= 15 is 0 Å². The van der Waals surface area contributed by atoms with Gasteiger partial charge in [0, 0.05) is 12.2 Å². The smallest absolute Gasteiger partial charge is 0.119 e. The fraction of sp³-hybridized carbons (Fsp3) is 0.625. The molecule has 2 heteroatoms. The molecule has 0 bridgehead atoms. The first-order valence-electron chi connectivity index (χ1n) is 7.19. The summed E-state index contributed by atoms with van der Waals surface area (Å²) in [6, 6.07) is 8.26. The molecular formula is C16H27NO. The third-order valence-corrected chi connectivity index (χ3v) is 2.80. The summed E-state index contributed by atoms with van der Waals surface area (Å²) in [5, 5.41) is 3.44. The topological polar surface area (TPSA) is 21.3 Å². The number of nitrogens with one attached hydrogen (secondary N) is 1. The first-order valence-corrected chi connectivity index (χ1v) is 7.19. The maximum Gasteiger partial charge on any atom is 0.119 e. The molecule has 18 heavy (non-hydrogen) atoms. The Morgan fingerprint density at radius 2 is 1.78 bits per heavy atom. The molecular weight excluding hydrogens is 222 g/mol. The zero-order valence-corrected chi connectivity index (χ0v) is 12.0. The molecule has 1 aromatic rings. The molecule has 1 N–H and O–H groups in total. The van der Waals surface area contributed by atoms with Crippen molar-refractivity contribution in [1.82, 2.24) is 0 Å². The minimum Gasteiger partial charge on any atom is -0.493 e. The van der Waals surface area contributed by atoms with Crippen LogP contribution in [0.1, 0.15) is 46.5 Å². The molecule has 0 aliphatic rings. The average Bonchev–Trinajstić information content (AvgIpc) is 2.37. The Bertz CT molecular complexity index is 305. The molecule has 1 rings (SSSR count). The van der Waals surface area contributed by atoms with Gasteiger partial charge in [-0.25, -0.2) is 0 Å². The number of hydrogen-bond acceptors (Lipinski definition) is 2.